The minimum absolute atomic E-state index is 0.222. The molecule has 0 radical (unpaired) electrons. The number of halogens is 5. The monoisotopic (exact) mass is 363 g/mol. The van der Waals surface area contributed by atoms with Crippen molar-refractivity contribution in [2.24, 2.45) is 0 Å². The molecule has 0 heterocycles. The molecule has 0 aliphatic carbocycles. The van der Waals surface area contributed by atoms with Gasteiger partial charge < -0.3 is 4.74 Å². The maximum atomic E-state index is 12.0. The van der Waals surface area contributed by atoms with Crippen LogP contribution in [0.4, 0.5) is 13.2 Å². The summed E-state index contributed by atoms with van der Waals surface area (Å²) < 4.78 is 61.7. The van der Waals surface area contributed by atoms with Gasteiger partial charge in [0.25, 0.3) is 9.05 Å². The molecule has 0 amide bonds. The molecule has 18 heavy (non-hydrogen) atoms. The predicted octanol–water partition coefficient (Wildman–Crippen LogP) is 3.15. The molecule has 98 valence electrons. The fourth-order valence-corrected chi connectivity index (χ4v) is 2.45. The third kappa shape index (κ3) is 3.76. The minimum atomic E-state index is -5.00. The Morgan fingerprint density at radius 3 is 2.33 bits per heavy atom. The van der Waals surface area contributed by atoms with E-state index in [1.807, 2.05) is 0 Å². The summed E-state index contributed by atoms with van der Waals surface area (Å²) in [6, 6.07) is 2.90. The number of alkyl halides is 3. The number of nitrogens with zero attached hydrogens (tertiary/aromatic N) is 1. The summed E-state index contributed by atoms with van der Waals surface area (Å²) in [4.78, 5) is -0.755. The van der Waals surface area contributed by atoms with Crippen LogP contribution < -0.4 is 4.74 Å². The zero-order chi connectivity index (χ0) is 14.1. The van der Waals surface area contributed by atoms with Gasteiger partial charge in [0.1, 0.15) is 16.7 Å². The number of nitriles is 1. The van der Waals surface area contributed by atoms with Crippen molar-refractivity contribution in [2.45, 2.75) is 11.3 Å². The Morgan fingerprint density at radius 2 is 1.94 bits per heavy atom. The van der Waals surface area contributed by atoms with Gasteiger partial charge in [-0.2, -0.15) is 5.26 Å². The highest BCUT2D eigenvalue weighted by atomic mass is 79.9. The van der Waals surface area contributed by atoms with E-state index in [2.05, 4.69) is 20.7 Å². The number of ether oxygens (including phenoxy) is 1. The Hall–Kier alpha value is -0.980. The van der Waals surface area contributed by atoms with Crippen molar-refractivity contribution < 1.29 is 26.3 Å². The van der Waals surface area contributed by atoms with Crippen LogP contribution in [-0.2, 0) is 9.05 Å². The van der Waals surface area contributed by atoms with Crippen LogP contribution in [0.5, 0.6) is 5.75 Å². The maximum Gasteiger partial charge on any atom is 0.573 e. The summed E-state index contributed by atoms with van der Waals surface area (Å²) in [5.41, 5.74) is -0.397. The summed E-state index contributed by atoms with van der Waals surface area (Å²) in [5.74, 6) is -0.805. The molecule has 0 N–H and O–H groups in total. The van der Waals surface area contributed by atoms with Crippen molar-refractivity contribution in [3.8, 4) is 11.8 Å². The van der Waals surface area contributed by atoms with E-state index in [0.717, 1.165) is 6.07 Å². The topological polar surface area (TPSA) is 67.2 Å². The summed E-state index contributed by atoms with van der Waals surface area (Å²) in [6.45, 7) is 0. The van der Waals surface area contributed by atoms with Gasteiger partial charge in [-0.3, -0.25) is 0 Å². The average Bonchev–Trinajstić information content (AvgIpc) is 2.16. The van der Waals surface area contributed by atoms with E-state index >= 15 is 0 Å². The van der Waals surface area contributed by atoms with Crippen molar-refractivity contribution in [2.75, 3.05) is 0 Å². The first kappa shape index (κ1) is 15.1. The molecule has 10 heteroatoms. The lowest BCUT2D eigenvalue weighted by Crippen LogP contribution is -2.17. The Bertz CT molecular complexity index is 624. The third-order valence-electron chi connectivity index (χ3n) is 1.64. The lowest BCUT2D eigenvalue weighted by molar-refractivity contribution is -0.275. The minimum Gasteiger partial charge on any atom is -0.405 e. The molecule has 0 aromatic heterocycles. The van der Waals surface area contributed by atoms with Gasteiger partial charge in [-0.15, -0.1) is 13.2 Å². The van der Waals surface area contributed by atoms with Crippen molar-refractivity contribution in [3.05, 3.63) is 22.2 Å². The summed E-state index contributed by atoms with van der Waals surface area (Å²) in [5, 5.41) is 8.67. The van der Waals surface area contributed by atoms with Gasteiger partial charge in [0.15, 0.2) is 0 Å². The van der Waals surface area contributed by atoms with Crippen molar-refractivity contribution in [1.29, 1.82) is 5.26 Å². The van der Waals surface area contributed by atoms with Crippen LogP contribution in [0.1, 0.15) is 5.56 Å². The lowest BCUT2D eigenvalue weighted by Gasteiger charge is -2.12. The van der Waals surface area contributed by atoms with Gasteiger partial charge in [-0.05, 0) is 22.0 Å². The second-order valence-electron chi connectivity index (χ2n) is 2.88. The smallest absolute Gasteiger partial charge is 0.405 e. The molecule has 0 saturated heterocycles. The van der Waals surface area contributed by atoms with Gasteiger partial charge in [0.2, 0.25) is 0 Å². The maximum absolute atomic E-state index is 12.0. The van der Waals surface area contributed by atoms with Crippen LogP contribution >= 0.6 is 26.6 Å². The van der Waals surface area contributed by atoms with Crippen LogP contribution in [0.25, 0.3) is 0 Å². The van der Waals surface area contributed by atoms with Crippen LogP contribution in [0.2, 0.25) is 0 Å². The van der Waals surface area contributed by atoms with E-state index in [0.29, 0.717) is 6.07 Å². The summed E-state index contributed by atoms with van der Waals surface area (Å²) in [7, 11) is 0.648. The van der Waals surface area contributed by atoms with E-state index in [4.69, 9.17) is 15.9 Å². The highest BCUT2D eigenvalue weighted by Gasteiger charge is 2.33. The first-order valence-corrected chi connectivity index (χ1v) is 7.09. The summed E-state index contributed by atoms with van der Waals surface area (Å²) >= 11 is 2.73. The molecular weight excluding hydrogens is 363 g/mol. The Kier molecular flexibility index (Phi) is 4.15. The Morgan fingerprint density at radius 1 is 1.39 bits per heavy atom. The van der Waals surface area contributed by atoms with E-state index < -0.39 is 31.6 Å². The molecule has 1 aromatic carbocycles. The zero-order valence-corrected chi connectivity index (χ0v) is 11.3. The van der Waals surface area contributed by atoms with Gasteiger partial charge >= 0.3 is 6.36 Å². The highest BCUT2D eigenvalue weighted by molar-refractivity contribution is 9.10. The van der Waals surface area contributed by atoms with Gasteiger partial charge in [0, 0.05) is 16.7 Å². The molecule has 0 aliphatic rings. The molecule has 0 aliphatic heterocycles. The molecule has 1 rings (SSSR count). The van der Waals surface area contributed by atoms with Crippen LogP contribution in [0.15, 0.2) is 21.5 Å². The number of hydrogen-bond acceptors (Lipinski definition) is 4. The largest absolute Gasteiger partial charge is 0.573 e. The fourth-order valence-electron chi connectivity index (χ4n) is 1.03. The fraction of sp³-hybridized carbons (Fsp3) is 0.125. The van der Waals surface area contributed by atoms with E-state index in [1.54, 1.807) is 0 Å². The standard InChI is InChI=1S/C8H2BrClF3NO3S/c9-5-1-4(3-14)7(18(10,15)16)2-6(5)17-8(11,12)13/h1-2H. The molecule has 0 unspecified atom stereocenters. The Labute approximate surface area is 112 Å². The molecule has 0 fully saturated rings. The second-order valence-corrected chi connectivity index (χ2v) is 6.26. The number of rotatable bonds is 2. The predicted molar refractivity (Wildman–Crippen MR) is 58.6 cm³/mol. The van der Waals surface area contributed by atoms with Crippen LogP contribution in [0.3, 0.4) is 0 Å². The molecule has 1 aromatic rings. The molecule has 0 spiro atoms. The van der Waals surface area contributed by atoms with Crippen molar-refractivity contribution in [3.63, 3.8) is 0 Å². The molecule has 0 bridgehead atoms. The van der Waals surface area contributed by atoms with E-state index in [9.17, 15) is 21.6 Å². The quantitative estimate of drug-likeness (QED) is 0.756. The first-order chi connectivity index (χ1) is 8.04. The van der Waals surface area contributed by atoms with Crippen molar-refractivity contribution >= 4 is 35.7 Å². The highest BCUT2D eigenvalue weighted by Crippen LogP contribution is 2.35. The van der Waals surface area contributed by atoms with Crippen molar-refractivity contribution in [1.82, 2.24) is 0 Å². The Balaban J connectivity index is 3.46. The van der Waals surface area contributed by atoms with E-state index in [-0.39, 0.29) is 4.47 Å². The lowest BCUT2D eigenvalue weighted by atomic mass is 10.2. The third-order valence-corrected chi connectivity index (χ3v) is 3.62. The van der Waals surface area contributed by atoms with Crippen LogP contribution in [-0.4, -0.2) is 14.8 Å². The SMILES string of the molecule is N#Cc1cc(Br)c(OC(F)(F)F)cc1S(=O)(=O)Cl. The van der Waals surface area contributed by atoms with Gasteiger partial charge in [0.05, 0.1) is 10.0 Å². The molecule has 4 nitrogen and oxygen atoms in total. The molecular formula is C8H2BrClF3NO3S. The van der Waals surface area contributed by atoms with Crippen LogP contribution in [0, 0.1) is 11.3 Å². The molecule has 0 saturated carbocycles. The second kappa shape index (κ2) is 4.95. The number of hydrogen-bond donors (Lipinski definition) is 0. The first-order valence-electron chi connectivity index (χ1n) is 3.98. The van der Waals surface area contributed by atoms with Gasteiger partial charge in [-0.1, -0.05) is 0 Å². The van der Waals surface area contributed by atoms with E-state index in [1.165, 1.54) is 6.07 Å². The normalized spacial score (nSPS) is 12.0. The number of benzene rings is 1. The summed E-state index contributed by atoms with van der Waals surface area (Å²) in [6.07, 6.45) is -5.00. The van der Waals surface area contributed by atoms with Gasteiger partial charge in [-0.25, -0.2) is 8.42 Å². The zero-order valence-electron chi connectivity index (χ0n) is 8.12. The molecule has 0 atom stereocenters. The average molecular weight is 365 g/mol.